The number of anilines is 1. The molecule has 1 aromatic carbocycles. The van der Waals surface area contributed by atoms with Crippen molar-refractivity contribution in [2.75, 3.05) is 18.0 Å². The second kappa shape index (κ2) is 4.90. The van der Waals surface area contributed by atoms with Gasteiger partial charge in [-0.1, -0.05) is 6.07 Å². The number of benzene rings is 1. The van der Waals surface area contributed by atoms with Crippen LogP contribution in [0.15, 0.2) is 22.7 Å². The molecule has 0 saturated carbocycles. The summed E-state index contributed by atoms with van der Waals surface area (Å²) < 4.78 is 0.974. The van der Waals surface area contributed by atoms with Gasteiger partial charge in [0.05, 0.1) is 17.7 Å². The second-order valence-corrected chi connectivity index (χ2v) is 5.78. The molecule has 0 amide bonds. The van der Waals surface area contributed by atoms with Gasteiger partial charge in [-0.25, -0.2) is 0 Å². The standard InChI is InChI=1S/C13H16BrNO3/c1-9-2-3-11(10(14)6-9)15-5-4-13(18,8-15)7-12(16)17/h2-3,6,18H,4-5,7-8H2,1H3,(H,16,17). The van der Waals surface area contributed by atoms with Crippen LogP contribution in [0.5, 0.6) is 0 Å². The van der Waals surface area contributed by atoms with Crippen molar-refractivity contribution in [1.29, 1.82) is 0 Å². The van der Waals surface area contributed by atoms with Crippen LogP contribution in [0.2, 0.25) is 0 Å². The lowest BCUT2D eigenvalue weighted by atomic mass is 9.99. The lowest BCUT2D eigenvalue weighted by Crippen LogP contribution is -2.35. The number of hydrogen-bond donors (Lipinski definition) is 2. The van der Waals surface area contributed by atoms with Gasteiger partial charge in [-0.3, -0.25) is 4.79 Å². The Kier molecular flexibility index (Phi) is 3.64. The number of aliphatic carboxylic acids is 1. The van der Waals surface area contributed by atoms with Crippen LogP contribution in [0, 0.1) is 6.92 Å². The predicted molar refractivity (Wildman–Crippen MR) is 72.9 cm³/mol. The molecule has 1 aliphatic heterocycles. The Morgan fingerprint density at radius 3 is 2.89 bits per heavy atom. The third-order valence-corrected chi connectivity index (χ3v) is 3.89. The molecule has 18 heavy (non-hydrogen) atoms. The first-order valence-electron chi connectivity index (χ1n) is 5.85. The summed E-state index contributed by atoms with van der Waals surface area (Å²) in [5.74, 6) is -0.956. The summed E-state index contributed by atoms with van der Waals surface area (Å²) in [6.45, 7) is 3.05. The molecule has 1 saturated heterocycles. The number of aliphatic hydroxyl groups is 1. The van der Waals surface area contributed by atoms with E-state index >= 15 is 0 Å². The number of nitrogens with zero attached hydrogens (tertiary/aromatic N) is 1. The molecule has 1 atom stereocenters. The van der Waals surface area contributed by atoms with Gasteiger partial charge >= 0.3 is 5.97 Å². The van der Waals surface area contributed by atoms with Crippen molar-refractivity contribution >= 4 is 27.6 Å². The predicted octanol–water partition coefficient (Wildman–Crippen LogP) is 2.17. The van der Waals surface area contributed by atoms with Crippen LogP contribution in [0.4, 0.5) is 5.69 Å². The number of aryl methyl sites for hydroxylation is 1. The van der Waals surface area contributed by atoms with Crippen LogP contribution in [0.25, 0.3) is 0 Å². The zero-order valence-corrected chi connectivity index (χ0v) is 11.8. The molecular weight excluding hydrogens is 298 g/mol. The Morgan fingerprint density at radius 2 is 2.28 bits per heavy atom. The van der Waals surface area contributed by atoms with Crippen LogP contribution in [0.1, 0.15) is 18.4 Å². The summed E-state index contributed by atoms with van der Waals surface area (Å²) in [4.78, 5) is 12.7. The monoisotopic (exact) mass is 313 g/mol. The minimum Gasteiger partial charge on any atom is -0.481 e. The van der Waals surface area contributed by atoms with E-state index in [1.165, 1.54) is 0 Å². The lowest BCUT2D eigenvalue weighted by molar-refractivity contribution is -0.141. The van der Waals surface area contributed by atoms with Gasteiger partial charge in [-0.2, -0.15) is 0 Å². The van der Waals surface area contributed by atoms with E-state index in [1.54, 1.807) is 0 Å². The normalized spacial score (nSPS) is 23.4. The van der Waals surface area contributed by atoms with Crippen LogP contribution < -0.4 is 4.90 Å². The maximum absolute atomic E-state index is 10.7. The number of rotatable bonds is 3. The summed E-state index contributed by atoms with van der Waals surface area (Å²) in [6.07, 6.45) is 0.284. The minimum absolute atomic E-state index is 0.201. The number of carboxylic acids is 1. The van der Waals surface area contributed by atoms with E-state index in [0.717, 1.165) is 15.7 Å². The molecule has 98 valence electrons. The van der Waals surface area contributed by atoms with Crippen LogP contribution in [-0.4, -0.2) is 34.9 Å². The van der Waals surface area contributed by atoms with E-state index in [0.29, 0.717) is 19.5 Å². The number of hydrogen-bond acceptors (Lipinski definition) is 3. The average Bonchev–Trinajstić information content (AvgIpc) is 2.59. The Labute approximate surface area is 114 Å². The molecule has 1 aromatic rings. The molecule has 0 radical (unpaired) electrons. The summed E-state index contributed by atoms with van der Waals surface area (Å²) >= 11 is 3.51. The molecule has 4 nitrogen and oxygen atoms in total. The Balaban J connectivity index is 2.15. The van der Waals surface area contributed by atoms with Crippen LogP contribution in [-0.2, 0) is 4.79 Å². The van der Waals surface area contributed by atoms with Gasteiger partial charge in [-0.15, -0.1) is 0 Å². The van der Waals surface area contributed by atoms with Crippen molar-refractivity contribution in [3.8, 4) is 0 Å². The van der Waals surface area contributed by atoms with Gasteiger partial charge in [0.15, 0.2) is 0 Å². The van der Waals surface area contributed by atoms with Gasteiger partial charge < -0.3 is 15.1 Å². The highest BCUT2D eigenvalue weighted by Gasteiger charge is 2.38. The van der Waals surface area contributed by atoms with E-state index in [2.05, 4.69) is 15.9 Å². The van der Waals surface area contributed by atoms with Crippen molar-refractivity contribution in [2.45, 2.75) is 25.4 Å². The average molecular weight is 314 g/mol. The topological polar surface area (TPSA) is 60.8 Å². The fourth-order valence-corrected chi connectivity index (χ4v) is 3.10. The third kappa shape index (κ3) is 2.84. The first kappa shape index (κ1) is 13.4. The van der Waals surface area contributed by atoms with Gasteiger partial charge in [0.2, 0.25) is 0 Å². The van der Waals surface area contributed by atoms with Gasteiger partial charge in [0.1, 0.15) is 0 Å². The zero-order valence-electron chi connectivity index (χ0n) is 10.2. The van der Waals surface area contributed by atoms with Gasteiger partial charge in [0.25, 0.3) is 0 Å². The molecule has 0 aliphatic carbocycles. The van der Waals surface area contributed by atoms with Gasteiger partial charge in [-0.05, 0) is 47.0 Å². The van der Waals surface area contributed by atoms with E-state index in [-0.39, 0.29) is 6.42 Å². The highest BCUT2D eigenvalue weighted by atomic mass is 79.9. The Hall–Kier alpha value is -1.07. The summed E-state index contributed by atoms with van der Waals surface area (Å²) in [7, 11) is 0. The summed E-state index contributed by atoms with van der Waals surface area (Å²) in [6, 6.07) is 6.02. The molecule has 0 spiro atoms. The summed E-state index contributed by atoms with van der Waals surface area (Å²) in [5.41, 5.74) is 1.04. The number of β-amino-alcohol motifs (C(OH)–C–C–N with tert-alkyl or cyclic N) is 1. The molecule has 2 rings (SSSR count). The van der Waals surface area contributed by atoms with Crippen LogP contribution in [0.3, 0.4) is 0 Å². The zero-order chi connectivity index (χ0) is 13.3. The van der Waals surface area contributed by atoms with E-state index in [4.69, 9.17) is 5.11 Å². The molecule has 0 bridgehead atoms. The summed E-state index contributed by atoms with van der Waals surface area (Å²) in [5, 5.41) is 19.0. The molecule has 2 N–H and O–H groups in total. The largest absolute Gasteiger partial charge is 0.481 e. The lowest BCUT2D eigenvalue weighted by Gasteiger charge is -2.23. The fourth-order valence-electron chi connectivity index (χ4n) is 2.36. The third-order valence-electron chi connectivity index (χ3n) is 3.26. The maximum Gasteiger partial charge on any atom is 0.306 e. The molecule has 1 heterocycles. The van der Waals surface area contributed by atoms with Gasteiger partial charge in [0, 0.05) is 17.6 Å². The van der Waals surface area contributed by atoms with Crippen molar-refractivity contribution in [1.82, 2.24) is 0 Å². The number of carbonyl (C=O) groups is 1. The molecule has 1 unspecified atom stereocenters. The van der Waals surface area contributed by atoms with Crippen molar-refractivity contribution in [2.24, 2.45) is 0 Å². The second-order valence-electron chi connectivity index (χ2n) is 4.92. The smallest absolute Gasteiger partial charge is 0.306 e. The maximum atomic E-state index is 10.7. The molecular formula is C13H16BrNO3. The highest BCUT2D eigenvalue weighted by molar-refractivity contribution is 9.10. The highest BCUT2D eigenvalue weighted by Crippen LogP contribution is 2.34. The van der Waals surface area contributed by atoms with E-state index in [1.807, 2.05) is 30.0 Å². The fraction of sp³-hybridized carbons (Fsp3) is 0.462. The van der Waals surface area contributed by atoms with Crippen molar-refractivity contribution in [3.63, 3.8) is 0 Å². The molecule has 1 aliphatic rings. The quantitative estimate of drug-likeness (QED) is 0.898. The van der Waals surface area contributed by atoms with Crippen molar-refractivity contribution < 1.29 is 15.0 Å². The first-order chi connectivity index (χ1) is 8.39. The Bertz CT molecular complexity index is 477. The number of halogens is 1. The van der Waals surface area contributed by atoms with E-state index in [9.17, 15) is 9.90 Å². The van der Waals surface area contributed by atoms with Crippen LogP contribution >= 0.6 is 15.9 Å². The molecule has 0 aromatic heterocycles. The first-order valence-corrected chi connectivity index (χ1v) is 6.64. The molecule has 1 fully saturated rings. The number of carboxylic acid groups (broad SMARTS) is 1. The Morgan fingerprint density at radius 1 is 1.56 bits per heavy atom. The van der Waals surface area contributed by atoms with Crippen molar-refractivity contribution in [3.05, 3.63) is 28.2 Å². The molecule has 5 heteroatoms. The minimum atomic E-state index is -1.11. The SMILES string of the molecule is Cc1ccc(N2CCC(O)(CC(=O)O)C2)c(Br)c1. The van der Waals surface area contributed by atoms with E-state index < -0.39 is 11.6 Å².